The van der Waals surface area contributed by atoms with Crippen molar-refractivity contribution in [3.8, 4) is 0 Å². The Balaban J connectivity index is 2.51. The number of halogens is 1. The van der Waals surface area contributed by atoms with Crippen LogP contribution in [0.2, 0.25) is 0 Å². The van der Waals surface area contributed by atoms with Crippen molar-refractivity contribution < 1.29 is 0 Å². The minimum absolute atomic E-state index is 0.290. The van der Waals surface area contributed by atoms with Crippen LogP contribution < -0.4 is 0 Å². The van der Waals surface area contributed by atoms with Crippen molar-refractivity contribution in [2.75, 3.05) is 0 Å². The van der Waals surface area contributed by atoms with Gasteiger partial charge >= 0.3 is 0 Å². The molecule has 0 radical (unpaired) electrons. The molecule has 1 heterocycles. The second kappa shape index (κ2) is 6.95. The number of aryl methyl sites for hydroxylation is 1. The molecule has 0 amide bonds. The third-order valence-corrected chi connectivity index (χ3v) is 3.66. The summed E-state index contributed by atoms with van der Waals surface area (Å²) in [5.41, 5.74) is 1.17. The Labute approximate surface area is 104 Å². The van der Waals surface area contributed by atoms with Crippen molar-refractivity contribution in [3.63, 3.8) is 0 Å². The first-order valence-corrected chi connectivity index (χ1v) is 6.82. The van der Waals surface area contributed by atoms with Crippen LogP contribution >= 0.6 is 11.6 Å². The Morgan fingerprint density at radius 3 is 2.50 bits per heavy atom. The normalized spacial score (nSPS) is 13.3. The van der Waals surface area contributed by atoms with Crippen LogP contribution in [0.3, 0.4) is 0 Å². The number of aromatic nitrogens is 2. The number of nitrogens with zero attached hydrogens (tertiary/aromatic N) is 2. The maximum absolute atomic E-state index is 6.10. The first-order chi connectivity index (χ1) is 7.71. The van der Waals surface area contributed by atoms with Gasteiger partial charge in [-0.2, -0.15) is 5.10 Å². The fraction of sp³-hybridized carbons (Fsp3) is 0.769. The molecular weight excluding hydrogens is 220 g/mol. The maximum atomic E-state index is 6.10. The van der Waals surface area contributed by atoms with E-state index in [0.717, 1.165) is 32.1 Å². The average Bonchev–Trinajstić information content (AvgIpc) is 2.76. The average molecular weight is 243 g/mol. The van der Waals surface area contributed by atoms with Crippen LogP contribution in [-0.2, 0) is 6.42 Å². The van der Waals surface area contributed by atoms with Gasteiger partial charge in [0.05, 0.1) is 11.7 Å². The van der Waals surface area contributed by atoms with Crippen LogP contribution in [0, 0.1) is 0 Å². The summed E-state index contributed by atoms with van der Waals surface area (Å²) >= 11 is 6.10. The predicted octanol–water partition coefficient (Wildman–Crippen LogP) is 4.19. The van der Waals surface area contributed by atoms with Crippen LogP contribution in [-0.4, -0.2) is 15.2 Å². The molecule has 1 aromatic heterocycles. The maximum Gasteiger partial charge on any atom is 0.0625 e. The molecule has 0 aliphatic rings. The summed E-state index contributed by atoms with van der Waals surface area (Å²) in [4.78, 5) is 0. The summed E-state index contributed by atoms with van der Waals surface area (Å²) in [6, 6.07) is 2.67. The van der Waals surface area contributed by atoms with Gasteiger partial charge in [0.2, 0.25) is 0 Å². The fourth-order valence-electron chi connectivity index (χ4n) is 1.89. The second-order valence-electron chi connectivity index (χ2n) is 4.30. The number of alkyl halides is 1. The third-order valence-electron chi connectivity index (χ3n) is 3.14. The van der Waals surface area contributed by atoms with Crippen molar-refractivity contribution in [2.45, 2.75) is 64.3 Å². The molecule has 0 aliphatic carbocycles. The molecule has 16 heavy (non-hydrogen) atoms. The van der Waals surface area contributed by atoms with Gasteiger partial charge in [0.15, 0.2) is 0 Å². The smallest absolute Gasteiger partial charge is 0.0625 e. The van der Waals surface area contributed by atoms with Gasteiger partial charge < -0.3 is 0 Å². The lowest BCUT2D eigenvalue weighted by Crippen LogP contribution is -2.08. The van der Waals surface area contributed by atoms with Gasteiger partial charge in [-0.05, 0) is 38.2 Å². The molecule has 0 bridgehead atoms. The summed E-state index contributed by atoms with van der Waals surface area (Å²) in [6.45, 7) is 6.54. The molecule has 1 atom stereocenters. The SMILES string of the molecule is CCC(Cl)CCc1ccn(C(CC)CC)n1. The van der Waals surface area contributed by atoms with Crippen LogP contribution in [0.1, 0.15) is 58.2 Å². The quantitative estimate of drug-likeness (QED) is 0.656. The molecule has 0 aromatic carbocycles. The highest BCUT2D eigenvalue weighted by molar-refractivity contribution is 6.20. The van der Waals surface area contributed by atoms with E-state index in [4.69, 9.17) is 11.6 Å². The Kier molecular flexibility index (Phi) is 5.89. The molecule has 1 rings (SSSR count). The van der Waals surface area contributed by atoms with E-state index in [-0.39, 0.29) is 0 Å². The Bertz CT molecular complexity index is 292. The van der Waals surface area contributed by atoms with Crippen LogP contribution in [0.4, 0.5) is 0 Å². The van der Waals surface area contributed by atoms with Crippen LogP contribution in [0.5, 0.6) is 0 Å². The second-order valence-corrected chi connectivity index (χ2v) is 4.92. The van der Waals surface area contributed by atoms with E-state index in [1.807, 2.05) is 0 Å². The number of hydrogen-bond acceptors (Lipinski definition) is 1. The Morgan fingerprint density at radius 2 is 1.94 bits per heavy atom. The molecule has 0 saturated heterocycles. The van der Waals surface area contributed by atoms with Gasteiger partial charge in [-0.3, -0.25) is 4.68 Å². The van der Waals surface area contributed by atoms with Crippen LogP contribution in [0.15, 0.2) is 12.3 Å². The summed E-state index contributed by atoms with van der Waals surface area (Å²) < 4.78 is 2.10. The summed E-state index contributed by atoms with van der Waals surface area (Å²) in [6.07, 6.45) is 7.44. The first-order valence-electron chi connectivity index (χ1n) is 6.39. The zero-order chi connectivity index (χ0) is 12.0. The van der Waals surface area contributed by atoms with E-state index >= 15 is 0 Å². The van der Waals surface area contributed by atoms with Crippen molar-refractivity contribution in [3.05, 3.63) is 18.0 Å². The lowest BCUT2D eigenvalue weighted by atomic mass is 10.1. The highest BCUT2D eigenvalue weighted by Gasteiger charge is 2.09. The molecule has 1 unspecified atom stereocenters. The van der Waals surface area contributed by atoms with Crippen LogP contribution in [0.25, 0.3) is 0 Å². The van der Waals surface area contributed by atoms with E-state index in [0.29, 0.717) is 11.4 Å². The number of hydrogen-bond donors (Lipinski definition) is 0. The zero-order valence-corrected chi connectivity index (χ0v) is 11.4. The third kappa shape index (κ3) is 3.82. The predicted molar refractivity (Wildman–Crippen MR) is 70.1 cm³/mol. The Hall–Kier alpha value is -0.500. The molecule has 0 saturated carbocycles. The van der Waals surface area contributed by atoms with Gasteiger partial charge in [-0.15, -0.1) is 11.6 Å². The van der Waals surface area contributed by atoms with Gasteiger partial charge in [-0.1, -0.05) is 20.8 Å². The first kappa shape index (κ1) is 13.6. The van der Waals surface area contributed by atoms with Gasteiger partial charge in [-0.25, -0.2) is 0 Å². The van der Waals surface area contributed by atoms with E-state index < -0.39 is 0 Å². The van der Waals surface area contributed by atoms with Gasteiger partial charge in [0.25, 0.3) is 0 Å². The van der Waals surface area contributed by atoms with E-state index in [1.165, 1.54) is 5.69 Å². The lowest BCUT2D eigenvalue weighted by molar-refractivity contribution is 0.425. The van der Waals surface area contributed by atoms with Crippen molar-refractivity contribution in [1.82, 2.24) is 9.78 Å². The minimum Gasteiger partial charge on any atom is -0.269 e. The van der Waals surface area contributed by atoms with Crippen molar-refractivity contribution in [2.24, 2.45) is 0 Å². The molecule has 0 aliphatic heterocycles. The van der Waals surface area contributed by atoms with Crippen molar-refractivity contribution in [1.29, 1.82) is 0 Å². The molecule has 0 spiro atoms. The zero-order valence-electron chi connectivity index (χ0n) is 10.6. The summed E-state index contributed by atoms with van der Waals surface area (Å²) in [5, 5.41) is 4.91. The highest BCUT2D eigenvalue weighted by Crippen LogP contribution is 2.16. The minimum atomic E-state index is 0.290. The summed E-state index contributed by atoms with van der Waals surface area (Å²) in [7, 11) is 0. The largest absolute Gasteiger partial charge is 0.269 e. The molecule has 2 nitrogen and oxygen atoms in total. The van der Waals surface area contributed by atoms with E-state index in [1.54, 1.807) is 0 Å². The monoisotopic (exact) mass is 242 g/mol. The van der Waals surface area contributed by atoms with Crippen molar-refractivity contribution >= 4 is 11.6 Å². The molecule has 1 aromatic rings. The standard InChI is InChI=1S/C13H23ClN2/c1-4-11(14)7-8-12-9-10-16(15-12)13(5-2)6-3/h9-11,13H,4-8H2,1-3H3. The molecule has 92 valence electrons. The van der Waals surface area contributed by atoms with E-state index in [2.05, 4.69) is 42.8 Å². The highest BCUT2D eigenvalue weighted by atomic mass is 35.5. The van der Waals surface area contributed by atoms with Gasteiger partial charge in [0, 0.05) is 11.6 Å². The molecule has 3 heteroatoms. The summed E-state index contributed by atoms with van der Waals surface area (Å²) in [5.74, 6) is 0. The van der Waals surface area contributed by atoms with Gasteiger partial charge in [0.1, 0.15) is 0 Å². The molecule has 0 fully saturated rings. The topological polar surface area (TPSA) is 17.8 Å². The number of rotatable bonds is 7. The molecular formula is C13H23ClN2. The molecule has 0 N–H and O–H groups in total. The lowest BCUT2D eigenvalue weighted by Gasteiger charge is -2.12. The Morgan fingerprint density at radius 1 is 1.25 bits per heavy atom. The van der Waals surface area contributed by atoms with E-state index in [9.17, 15) is 0 Å². The fourth-order valence-corrected chi connectivity index (χ4v) is 1.99.